The summed E-state index contributed by atoms with van der Waals surface area (Å²) in [4.78, 5) is 7.38. The number of nitrogens with zero attached hydrogens (tertiary/aromatic N) is 2. The van der Waals surface area contributed by atoms with Crippen LogP contribution in [-0.4, -0.2) is 31.4 Å². The highest BCUT2D eigenvalue weighted by Gasteiger charge is 2.17. The van der Waals surface area contributed by atoms with Crippen LogP contribution in [0.4, 0.5) is 11.4 Å². The van der Waals surface area contributed by atoms with Gasteiger partial charge in [0, 0.05) is 19.8 Å². The first-order valence-corrected chi connectivity index (χ1v) is 11.8. The smallest absolute Gasteiger partial charge is 0.124 e. The molecule has 0 aliphatic rings. The number of hydrogen-bond acceptors (Lipinski definition) is 2. The Bertz CT molecular complexity index is 837. The first-order valence-electron chi connectivity index (χ1n) is 11.8. The molecule has 0 atom stereocenters. The Morgan fingerprint density at radius 1 is 0.710 bits per heavy atom. The topological polar surface area (TPSA) is 27.6 Å². The second kappa shape index (κ2) is 10.8. The molecule has 31 heavy (non-hydrogen) atoms. The molecule has 3 heteroatoms. The van der Waals surface area contributed by atoms with Crippen molar-refractivity contribution in [1.82, 2.24) is 4.90 Å². The van der Waals surface area contributed by atoms with Crippen molar-refractivity contribution in [2.45, 2.75) is 79.1 Å². The van der Waals surface area contributed by atoms with Crippen LogP contribution >= 0.6 is 0 Å². The lowest BCUT2D eigenvalue weighted by Crippen LogP contribution is -2.29. The van der Waals surface area contributed by atoms with E-state index in [1.54, 1.807) is 0 Å². The normalized spacial score (nSPS) is 12.4. The van der Waals surface area contributed by atoms with Gasteiger partial charge in [0.2, 0.25) is 0 Å². The molecule has 2 aromatic carbocycles. The fraction of sp³-hybridized carbons (Fsp3) is 0.536. The number of para-hydroxylation sites is 2. The molecule has 0 spiro atoms. The Morgan fingerprint density at radius 3 is 1.45 bits per heavy atom. The maximum absolute atomic E-state index is 5.24. The largest absolute Gasteiger partial charge is 0.377 e. The van der Waals surface area contributed by atoms with E-state index in [1.807, 2.05) is 0 Å². The average Bonchev–Trinajstić information content (AvgIpc) is 2.69. The summed E-state index contributed by atoms with van der Waals surface area (Å²) in [5.41, 5.74) is 7.78. The van der Waals surface area contributed by atoms with Crippen LogP contribution in [0.3, 0.4) is 0 Å². The van der Waals surface area contributed by atoms with Crippen molar-refractivity contribution in [3.63, 3.8) is 0 Å². The van der Waals surface area contributed by atoms with Gasteiger partial charge in [0.1, 0.15) is 5.84 Å². The van der Waals surface area contributed by atoms with Crippen LogP contribution in [0.1, 0.15) is 101 Å². The van der Waals surface area contributed by atoms with E-state index in [4.69, 9.17) is 4.99 Å². The molecule has 0 aliphatic heterocycles. The number of likely N-dealkylation sites (N-methyl/N-ethyl adjacent to an activating group) is 1. The second-order valence-electron chi connectivity index (χ2n) is 9.99. The summed E-state index contributed by atoms with van der Waals surface area (Å²) in [6.45, 7) is 18.7. The van der Waals surface area contributed by atoms with Gasteiger partial charge in [-0.1, -0.05) is 91.8 Å². The lowest BCUT2D eigenvalue weighted by molar-refractivity contribution is 0.614. The number of benzene rings is 2. The molecule has 2 rings (SSSR count). The van der Waals surface area contributed by atoms with Gasteiger partial charge in [0.05, 0.1) is 12.2 Å². The van der Waals surface area contributed by atoms with Crippen molar-refractivity contribution in [1.29, 1.82) is 0 Å². The molecule has 0 amide bonds. The van der Waals surface area contributed by atoms with Gasteiger partial charge in [0.15, 0.2) is 0 Å². The molecule has 0 radical (unpaired) electrons. The summed E-state index contributed by atoms with van der Waals surface area (Å²) >= 11 is 0. The van der Waals surface area contributed by atoms with Crippen LogP contribution in [0.5, 0.6) is 0 Å². The zero-order chi connectivity index (χ0) is 23.3. The third-order valence-electron chi connectivity index (χ3n) is 5.90. The first-order chi connectivity index (χ1) is 14.5. The Balaban J connectivity index is 2.51. The fourth-order valence-corrected chi connectivity index (χ4v) is 3.99. The average molecular weight is 422 g/mol. The quantitative estimate of drug-likeness (QED) is 0.347. The first kappa shape index (κ1) is 25.0. The molecule has 0 heterocycles. The standard InChI is InChI=1S/C28H43N3/c1-18(2)22-13-11-14-23(19(3)4)27(22)29-17-26(31(9)10)30-28-24(20(5)6)15-12-16-25(28)21(7)8/h11-16,18-21,29H,17H2,1-10H3. The molecular formula is C28H43N3. The van der Waals surface area contributed by atoms with Gasteiger partial charge >= 0.3 is 0 Å². The summed E-state index contributed by atoms with van der Waals surface area (Å²) in [6.07, 6.45) is 0. The monoisotopic (exact) mass is 421 g/mol. The summed E-state index contributed by atoms with van der Waals surface area (Å²) in [6, 6.07) is 13.3. The van der Waals surface area contributed by atoms with Crippen molar-refractivity contribution in [2.75, 3.05) is 26.0 Å². The van der Waals surface area contributed by atoms with E-state index < -0.39 is 0 Å². The molecule has 0 fully saturated rings. The fourth-order valence-electron chi connectivity index (χ4n) is 3.99. The van der Waals surface area contributed by atoms with Crippen LogP contribution in [0.15, 0.2) is 41.4 Å². The van der Waals surface area contributed by atoms with Crippen molar-refractivity contribution in [2.24, 2.45) is 4.99 Å². The Hall–Kier alpha value is -2.29. The molecule has 0 saturated heterocycles. The van der Waals surface area contributed by atoms with Gasteiger partial charge in [-0.25, -0.2) is 4.99 Å². The lowest BCUT2D eigenvalue weighted by Gasteiger charge is -2.24. The van der Waals surface area contributed by atoms with E-state index in [1.165, 1.54) is 27.9 Å². The van der Waals surface area contributed by atoms with E-state index in [0.717, 1.165) is 11.5 Å². The third-order valence-corrected chi connectivity index (χ3v) is 5.90. The Kier molecular flexibility index (Phi) is 8.73. The number of rotatable bonds is 8. The van der Waals surface area contributed by atoms with E-state index >= 15 is 0 Å². The van der Waals surface area contributed by atoms with Crippen molar-refractivity contribution >= 4 is 17.2 Å². The predicted octanol–water partition coefficient (Wildman–Crippen LogP) is 7.88. The molecule has 0 unspecified atom stereocenters. The predicted molar refractivity (Wildman–Crippen MR) is 139 cm³/mol. The minimum atomic E-state index is 0.433. The van der Waals surface area contributed by atoms with Gasteiger partial charge in [-0.3, -0.25) is 0 Å². The third kappa shape index (κ3) is 6.12. The zero-order valence-corrected chi connectivity index (χ0v) is 21.4. The van der Waals surface area contributed by atoms with E-state index in [0.29, 0.717) is 30.2 Å². The molecule has 1 N–H and O–H groups in total. The van der Waals surface area contributed by atoms with Crippen LogP contribution in [0.2, 0.25) is 0 Å². The summed E-state index contributed by atoms with van der Waals surface area (Å²) < 4.78 is 0. The molecule has 0 bridgehead atoms. The number of aliphatic imine (C=N–C) groups is 1. The van der Waals surface area contributed by atoms with Crippen LogP contribution in [0, 0.1) is 0 Å². The number of amidine groups is 1. The lowest BCUT2D eigenvalue weighted by atomic mass is 9.92. The van der Waals surface area contributed by atoms with Gasteiger partial charge in [-0.05, 0) is 45.9 Å². The maximum Gasteiger partial charge on any atom is 0.124 e. The molecule has 3 nitrogen and oxygen atoms in total. The molecule has 170 valence electrons. The molecule has 0 aromatic heterocycles. The van der Waals surface area contributed by atoms with Crippen molar-refractivity contribution < 1.29 is 0 Å². The highest BCUT2D eigenvalue weighted by Crippen LogP contribution is 2.35. The van der Waals surface area contributed by atoms with E-state index in [2.05, 4.69) is 116 Å². The van der Waals surface area contributed by atoms with Crippen LogP contribution in [-0.2, 0) is 0 Å². The second-order valence-corrected chi connectivity index (χ2v) is 9.99. The van der Waals surface area contributed by atoms with Crippen LogP contribution < -0.4 is 5.32 Å². The van der Waals surface area contributed by atoms with Gasteiger partial charge in [0.25, 0.3) is 0 Å². The summed E-state index contributed by atoms with van der Waals surface area (Å²) in [5, 5.41) is 3.77. The molecular weight excluding hydrogens is 378 g/mol. The Morgan fingerprint density at radius 2 is 1.10 bits per heavy atom. The zero-order valence-electron chi connectivity index (χ0n) is 21.4. The van der Waals surface area contributed by atoms with E-state index in [-0.39, 0.29) is 0 Å². The molecule has 0 saturated carbocycles. The minimum Gasteiger partial charge on any atom is -0.377 e. The number of nitrogens with one attached hydrogen (secondary N) is 1. The van der Waals surface area contributed by atoms with E-state index in [9.17, 15) is 0 Å². The van der Waals surface area contributed by atoms with Gasteiger partial charge in [-0.15, -0.1) is 0 Å². The minimum absolute atomic E-state index is 0.433. The number of hydrogen-bond donors (Lipinski definition) is 1. The number of anilines is 1. The SMILES string of the molecule is CC(C)c1cccc(C(C)C)c1N=C(CNc1c(C(C)C)cccc1C(C)C)N(C)C. The summed E-state index contributed by atoms with van der Waals surface area (Å²) in [5.74, 6) is 2.85. The maximum atomic E-state index is 5.24. The van der Waals surface area contributed by atoms with Gasteiger partial charge < -0.3 is 10.2 Å². The Labute approximate surface area is 191 Å². The van der Waals surface area contributed by atoms with Crippen molar-refractivity contribution in [3.8, 4) is 0 Å². The molecule has 0 aliphatic carbocycles. The van der Waals surface area contributed by atoms with Gasteiger partial charge in [-0.2, -0.15) is 0 Å². The highest BCUT2D eigenvalue weighted by molar-refractivity contribution is 5.89. The summed E-state index contributed by atoms with van der Waals surface area (Å²) in [7, 11) is 4.18. The van der Waals surface area contributed by atoms with Crippen LogP contribution in [0.25, 0.3) is 0 Å². The van der Waals surface area contributed by atoms with Crippen molar-refractivity contribution in [3.05, 3.63) is 58.7 Å². The molecule has 2 aromatic rings. The highest BCUT2D eigenvalue weighted by atomic mass is 15.2.